The minimum Gasteiger partial charge on any atom is -0.491 e. The van der Waals surface area contributed by atoms with E-state index in [4.69, 9.17) is 9.47 Å². The second-order valence-corrected chi connectivity index (χ2v) is 11.4. The van der Waals surface area contributed by atoms with E-state index < -0.39 is 23.4 Å². The minimum atomic E-state index is -1.29. The molecule has 7 heteroatoms. The number of hydrogen-bond acceptors (Lipinski definition) is 3. The summed E-state index contributed by atoms with van der Waals surface area (Å²) in [6.07, 6.45) is 15.5. The van der Waals surface area contributed by atoms with Crippen molar-refractivity contribution < 1.29 is 32.5 Å². The summed E-state index contributed by atoms with van der Waals surface area (Å²) in [7, 11) is 0. The lowest BCUT2D eigenvalue weighted by molar-refractivity contribution is 0.0697. The average Bonchev–Trinajstić information content (AvgIpc) is 3.02. The van der Waals surface area contributed by atoms with Crippen molar-refractivity contribution in [2.45, 2.75) is 104 Å². The van der Waals surface area contributed by atoms with Gasteiger partial charge in [0.1, 0.15) is 0 Å². The Morgan fingerprint density at radius 3 is 1.66 bits per heavy atom. The fourth-order valence-corrected chi connectivity index (χ4v) is 5.26. The van der Waals surface area contributed by atoms with Gasteiger partial charge >= 0.3 is 5.97 Å². The van der Waals surface area contributed by atoms with Crippen LogP contribution in [0.5, 0.6) is 11.5 Å². The summed E-state index contributed by atoms with van der Waals surface area (Å²) in [5.41, 5.74) is 0.504. The molecule has 0 unspecified atom stereocenters. The molecule has 3 rings (SSSR count). The van der Waals surface area contributed by atoms with E-state index in [2.05, 4.69) is 13.8 Å². The van der Waals surface area contributed by atoms with Crippen molar-refractivity contribution in [3.63, 3.8) is 0 Å². The van der Waals surface area contributed by atoms with Gasteiger partial charge in [0.05, 0.1) is 18.8 Å². The number of carboxylic acid groups (broad SMARTS) is 1. The van der Waals surface area contributed by atoms with Crippen molar-refractivity contribution in [3.8, 4) is 33.8 Å². The normalized spacial score (nSPS) is 11.1. The highest BCUT2D eigenvalue weighted by Gasteiger charge is 2.21. The van der Waals surface area contributed by atoms with Gasteiger partial charge in [-0.2, -0.15) is 4.39 Å². The summed E-state index contributed by atoms with van der Waals surface area (Å²) in [5.74, 6) is -4.26. The van der Waals surface area contributed by atoms with Gasteiger partial charge in [0.15, 0.2) is 23.1 Å². The summed E-state index contributed by atoms with van der Waals surface area (Å²) in [4.78, 5) is 12.0. The van der Waals surface area contributed by atoms with E-state index in [1.54, 1.807) is 6.07 Å². The molecule has 1 N–H and O–H groups in total. The van der Waals surface area contributed by atoms with Crippen molar-refractivity contribution in [2.24, 2.45) is 0 Å². The van der Waals surface area contributed by atoms with Crippen LogP contribution in [0.25, 0.3) is 22.3 Å². The van der Waals surface area contributed by atoms with Crippen LogP contribution in [0.4, 0.5) is 13.2 Å². The van der Waals surface area contributed by atoms with E-state index in [1.165, 1.54) is 81.0 Å². The van der Waals surface area contributed by atoms with Crippen molar-refractivity contribution in [2.75, 3.05) is 13.2 Å². The second kappa shape index (κ2) is 19.0. The molecule has 0 aliphatic heterocycles. The fraction of sp³-hybridized carbons (Fsp3) is 0.486. The Morgan fingerprint density at radius 2 is 1.09 bits per heavy atom. The third-order valence-corrected chi connectivity index (χ3v) is 7.86. The molecular weight excluding hydrogens is 565 g/mol. The van der Waals surface area contributed by atoms with E-state index in [0.717, 1.165) is 51.4 Å². The van der Waals surface area contributed by atoms with Crippen molar-refractivity contribution in [1.82, 2.24) is 0 Å². The predicted molar refractivity (Wildman–Crippen MR) is 171 cm³/mol. The molecule has 0 amide bonds. The monoisotopic (exact) mass is 612 g/mol. The maximum absolute atomic E-state index is 15.3. The van der Waals surface area contributed by atoms with Gasteiger partial charge in [-0.25, -0.2) is 13.6 Å². The van der Waals surface area contributed by atoms with E-state index in [9.17, 15) is 18.7 Å². The van der Waals surface area contributed by atoms with Crippen LogP contribution in [0.3, 0.4) is 0 Å². The molecular formula is C37H47F3O4. The number of carbonyl (C=O) groups is 1. The molecule has 240 valence electrons. The highest BCUT2D eigenvalue weighted by atomic mass is 19.2. The molecule has 0 atom stereocenters. The molecule has 0 spiro atoms. The van der Waals surface area contributed by atoms with Gasteiger partial charge in [-0.1, -0.05) is 103 Å². The van der Waals surface area contributed by atoms with E-state index in [-0.39, 0.29) is 34.8 Å². The second-order valence-electron chi connectivity index (χ2n) is 11.4. The van der Waals surface area contributed by atoms with Gasteiger partial charge in [-0.15, -0.1) is 0 Å². The average molecular weight is 613 g/mol. The van der Waals surface area contributed by atoms with Crippen LogP contribution in [0, 0.1) is 17.5 Å². The number of carboxylic acids is 1. The molecule has 0 saturated carbocycles. The highest BCUT2D eigenvalue weighted by molar-refractivity contribution is 5.97. The quantitative estimate of drug-likeness (QED) is 0.122. The fourth-order valence-electron chi connectivity index (χ4n) is 5.26. The maximum Gasteiger partial charge on any atom is 0.336 e. The lowest BCUT2D eigenvalue weighted by Crippen LogP contribution is -2.04. The largest absolute Gasteiger partial charge is 0.491 e. The lowest BCUT2D eigenvalue weighted by atomic mass is 9.94. The maximum atomic E-state index is 15.3. The molecule has 4 nitrogen and oxygen atoms in total. The van der Waals surface area contributed by atoms with Crippen LogP contribution in [-0.4, -0.2) is 24.3 Å². The van der Waals surface area contributed by atoms with Crippen LogP contribution in [0.1, 0.15) is 114 Å². The predicted octanol–water partition coefficient (Wildman–Crippen LogP) is 11.4. The Morgan fingerprint density at radius 1 is 0.591 bits per heavy atom. The summed E-state index contributed by atoms with van der Waals surface area (Å²) in [6.45, 7) is 5.03. The van der Waals surface area contributed by atoms with E-state index >= 15 is 4.39 Å². The van der Waals surface area contributed by atoms with E-state index in [1.807, 2.05) is 0 Å². The van der Waals surface area contributed by atoms with Crippen molar-refractivity contribution >= 4 is 5.97 Å². The Kier molecular flexibility index (Phi) is 15.1. The highest BCUT2D eigenvalue weighted by Crippen LogP contribution is 2.36. The zero-order valence-electron chi connectivity index (χ0n) is 26.2. The molecule has 0 aromatic heterocycles. The third kappa shape index (κ3) is 10.6. The topological polar surface area (TPSA) is 55.8 Å². The van der Waals surface area contributed by atoms with Crippen LogP contribution < -0.4 is 9.47 Å². The number of benzene rings is 3. The summed E-state index contributed by atoms with van der Waals surface area (Å²) in [5, 5.41) is 9.77. The Labute approximate surface area is 260 Å². The number of unbranched alkanes of at least 4 members (excludes halogenated alkanes) is 12. The summed E-state index contributed by atoms with van der Waals surface area (Å²) >= 11 is 0. The molecule has 44 heavy (non-hydrogen) atoms. The Bertz CT molecular complexity index is 1320. The first-order chi connectivity index (χ1) is 21.4. The van der Waals surface area contributed by atoms with Crippen LogP contribution in [-0.2, 0) is 0 Å². The minimum absolute atomic E-state index is 0.00990. The van der Waals surface area contributed by atoms with Gasteiger partial charge in [-0.05, 0) is 65.9 Å². The SMILES string of the molecule is CCCCCCCCCCOc1ccc(-c2ccc(C(=O)O)c(-c3ccc(OCCCCCCCC)c(F)c3F)c2)cc1F. The standard InChI is InChI=1S/C37H47F3O4/c1-3-5-7-9-11-12-14-15-23-43-33-21-18-28(26-32(33)38)27-17-19-30(37(41)42)31(25-27)29-20-22-34(36(40)35(29)39)44-24-16-13-10-8-6-4-2/h17-22,25-26H,3-16,23-24H2,1-2H3,(H,41,42). The molecule has 0 bridgehead atoms. The van der Waals surface area contributed by atoms with Gasteiger partial charge in [0, 0.05) is 5.56 Å². The zero-order valence-corrected chi connectivity index (χ0v) is 26.2. The third-order valence-electron chi connectivity index (χ3n) is 7.86. The Hall–Kier alpha value is -3.48. The molecule has 0 fully saturated rings. The number of ether oxygens (including phenoxy) is 2. The smallest absolute Gasteiger partial charge is 0.336 e. The van der Waals surface area contributed by atoms with Crippen molar-refractivity contribution in [3.05, 3.63) is 71.5 Å². The molecule has 3 aromatic carbocycles. The first-order valence-electron chi connectivity index (χ1n) is 16.3. The molecule has 3 aromatic rings. The molecule has 0 aliphatic carbocycles. The number of halogens is 3. The van der Waals surface area contributed by atoms with Gasteiger partial charge in [0.25, 0.3) is 0 Å². The van der Waals surface area contributed by atoms with E-state index in [0.29, 0.717) is 17.7 Å². The summed E-state index contributed by atoms with van der Waals surface area (Å²) in [6, 6.07) is 11.4. The number of hydrogen-bond donors (Lipinski definition) is 1. The van der Waals surface area contributed by atoms with Crippen LogP contribution in [0.2, 0.25) is 0 Å². The van der Waals surface area contributed by atoms with Gasteiger partial charge < -0.3 is 14.6 Å². The first-order valence-corrected chi connectivity index (χ1v) is 16.3. The van der Waals surface area contributed by atoms with Crippen molar-refractivity contribution in [1.29, 1.82) is 0 Å². The first kappa shape index (κ1) is 35.0. The van der Waals surface area contributed by atoms with Crippen LogP contribution >= 0.6 is 0 Å². The van der Waals surface area contributed by atoms with Gasteiger partial charge in [-0.3, -0.25) is 0 Å². The Balaban J connectivity index is 1.68. The molecule has 0 heterocycles. The molecule has 0 saturated heterocycles. The number of aromatic carboxylic acids is 1. The van der Waals surface area contributed by atoms with Crippen LogP contribution in [0.15, 0.2) is 48.5 Å². The zero-order chi connectivity index (χ0) is 31.7. The number of rotatable bonds is 21. The van der Waals surface area contributed by atoms with Gasteiger partial charge in [0.2, 0.25) is 5.82 Å². The lowest BCUT2D eigenvalue weighted by Gasteiger charge is -2.14. The molecule has 0 radical (unpaired) electrons. The summed E-state index contributed by atoms with van der Waals surface area (Å²) < 4.78 is 56.4. The molecule has 0 aliphatic rings.